The number of benzene rings is 1. The quantitative estimate of drug-likeness (QED) is 0.624. The van der Waals surface area contributed by atoms with Gasteiger partial charge in [0, 0.05) is 12.6 Å². The highest BCUT2D eigenvalue weighted by molar-refractivity contribution is 5.27. The normalized spacial score (nSPS) is 21.7. The van der Waals surface area contributed by atoms with Gasteiger partial charge in [-0.2, -0.15) is 0 Å². The molecule has 22 heavy (non-hydrogen) atoms. The van der Waals surface area contributed by atoms with Gasteiger partial charge in [-0.05, 0) is 42.9 Å². The lowest BCUT2D eigenvalue weighted by molar-refractivity contribution is 0.300. The van der Waals surface area contributed by atoms with Crippen LogP contribution in [0, 0.1) is 5.92 Å². The van der Waals surface area contributed by atoms with Crippen molar-refractivity contribution in [2.24, 2.45) is 5.92 Å². The summed E-state index contributed by atoms with van der Waals surface area (Å²) >= 11 is 0. The Hall–Kier alpha value is -1.02. The summed E-state index contributed by atoms with van der Waals surface area (Å²) in [5, 5.41) is 3.71. The molecule has 2 heteroatoms. The van der Waals surface area contributed by atoms with Crippen LogP contribution in [-0.2, 0) is 6.54 Å². The molecule has 2 rings (SSSR count). The first-order valence-corrected chi connectivity index (χ1v) is 9.23. The van der Waals surface area contributed by atoms with Crippen molar-refractivity contribution in [3.63, 3.8) is 0 Å². The van der Waals surface area contributed by atoms with Crippen LogP contribution in [0.15, 0.2) is 24.3 Å². The summed E-state index contributed by atoms with van der Waals surface area (Å²) in [5.41, 5.74) is 1.36. The van der Waals surface area contributed by atoms with Gasteiger partial charge in [0.05, 0.1) is 6.61 Å². The first-order chi connectivity index (χ1) is 10.8. The van der Waals surface area contributed by atoms with Crippen LogP contribution in [0.25, 0.3) is 0 Å². The largest absolute Gasteiger partial charge is 0.494 e. The molecule has 0 saturated heterocycles. The Labute approximate surface area is 136 Å². The molecule has 1 N–H and O–H groups in total. The van der Waals surface area contributed by atoms with Crippen molar-refractivity contribution in [2.45, 2.75) is 77.8 Å². The van der Waals surface area contributed by atoms with Gasteiger partial charge in [-0.1, -0.05) is 58.1 Å². The van der Waals surface area contributed by atoms with E-state index in [2.05, 4.69) is 43.4 Å². The second kappa shape index (κ2) is 9.89. The molecule has 124 valence electrons. The van der Waals surface area contributed by atoms with Gasteiger partial charge in [0.15, 0.2) is 0 Å². The SMILES string of the molecule is CCCCCCOc1ccc(CNC2CCCC(C)C2)cc1. The zero-order valence-corrected chi connectivity index (χ0v) is 14.4. The lowest BCUT2D eigenvalue weighted by Gasteiger charge is -2.27. The van der Waals surface area contributed by atoms with Crippen molar-refractivity contribution in [3.05, 3.63) is 29.8 Å². The van der Waals surface area contributed by atoms with Gasteiger partial charge in [0.25, 0.3) is 0 Å². The maximum atomic E-state index is 5.80. The summed E-state index contributed by atoms with van der Waals surface area (Å²) in [6.45, 7) is 6.44. The Morgan fingerprint density at radius 2 is 1.91 bits per heavy atom. The van der Waals surface area contributed by atoms with Crippen molar-refractivity contribution < 1.29 is 4.74 Å². The van der Waals surface area contributed by atoms with Crippen LogP contribution < -0.4 is 10.1 Å². The maximum Gasteiger partial charge on any atom is 0.119 e. The van der Waals surface area contributed by atoms with Gasteiger partial charge in [-0.3, -0.25) is 0 Å². The van der Waals surface area contributed by atoms with Crippen molar-refractivity contribution >= 4 is 0 Å². The second-order valence-corrected chi connectivity index (χ2v) is 6.90. The third-order valence-corrected chi connectivity index (χ3v) is 4.72. The van der Waals surface area contributed by atoms with Crippen LogP contribution in [0.2, 0.25) is 0 Å². The van der Waals surface area contributed by atoms with Crippen molar-refractivity contribution in [1.29, 1.82) is 0 Å². The van der Waals surface area contributed by atoms with E-state index < -0.39 is 0 Å². The van der Waals surface area contributed by atoms with Crippen LogP contribution in [0.5, 0.6) is 5.75 Å². The minimum Gasteiger partial charge on any atom is -0.494 e. The fourth-order valence-electron chi connectivity index (χ4n) is 3.30. The van der Waals surface area contributed by atoms with Gasteiger partial charge in [-0.25, -0.2) is 0 Å². The molecule has 1 aromatic carbocycles. The van der Waals surface area contributed by atoms with Gasteiger partial charge in [0.1, 0.15) is 5.75 Å². The Morgan fingerprint density at radius 3 is 2.64 bits per heavy atom. The summed E-state index contributed by atoms with van der Waals surface area (Å²) in [6, 6.07) is 9.32. The minimum atomic E-state index is 0.707. The molecular weight excluding hydrogens is 270 g/mol. The molecular formula is C20H33NO. The number of nitrogens with one attached hydrogen (secondary N) is 1. The molecule has 1 aliphatic carbocycles. The maximum absolute atomic E-state index is 5.80. The molecule has 2 unspecified atom stereocenters. The van der Waals surface area contributed by atoms with E-state index in [1.54, 1.807) is 0 Å². The summed E-state index contributed by atoms with van der Waals surface area (Å²) < 4.78 is 5.80. The smallest absolute Gasteiger partial charge is 0.119 e. The molecule has 0 aromatic heterocycles. The Kier molecular flexibility index (Phi) is 7.79. The molecule has 1 aromatic rings. The Balaban J connectivity index is 1.65. The van der Waals surface area contributed by atoms with Crippen LogP contribution in [0.4, 0.5) is 0 Å². The van der Waals surface area contributed by atoms with E-state index in [4.69, 9.17) is 4.74 Å². The topological polar surface area (TPSA) is 21.3 Å². The molecule has 0 radical (unpaired) electrons. The average Bonchev–Trinajstić information content (AvgIpc) is 2.54. The number of hydrogen-bond acceptors (Lipinski definition) is 2. The molecule has 1 saturated carbocycles. The summed E-state index contributed by atoms with van der Waals surface area (Å²) in [6.07, 6.45) is 10.5. The lowest BCUT2D eigenvalue weighted by atomic mass is 9.87. The van der Waals surface area contributed by atoms with E-state index in [0.29, 0.717) is 6.04 Å². The molecule has 0 amide bonds. The second-order valence-electron chi connectivity index (χ2n) is 6.90. The van der Waals surface area contributed by atoms with E-state index in [1.165, 1.54) is 50.5 Å². The lowest BCUT2D eigenvalue weighted by Crippen LogP contribution is -2.33. The van der Waals surface area contributed by atoms with Crippen molar-refractivity contribution in [3.8, 4) is 5.75 Å². The number of ether oxygens (including phenoxy) is 1. The first kappa shape index (κ1) is 17.3. The third kappa shape index (κ3) is 6.39. The predicted molar refractivity (Wildman–Crippen MR) is 94.3 cm³/mol. The van der Waals surface area contributed by atoms with Crippen LogP contribution in [0.3, 0.4) is 0 Å². The van der Waals surface area contributed by atoms with Gasteiger partial charge in [-0.15, -0.1) is 0 Å². The fraction of sp³-hybridized carbons (Fsp3) is 0.700. The first-order valence-electron chi connectivity index (χ1n) is 9.23. The van der Waals surface area contributed by atoms with Gasteiger partial charge in [0.2, 0.25) is 0 Å². The molecule has 0 spiro atoms. The van der Waals surface area contributed by atoms with Gasteiger partial charge < -0.3 is 10.1 Å². The molecule has 0 bridgehead atoms. The zero-order chi connectivity index (χ0) is 15.6. The zero-order valence-electron chi connectivity index (χ0n) is 14.4. The van der Waals surface area contributed by atoms with Crippen molar-refractivity contribution in [1.82, 2.24) is 5.32 Å². The molecule has 1 fully saturated rings. The summed E-state index contributed by atoms with van der Waals surface area (Å²) in [5.74, 6) is 1.89. The van der Waals surface area contributed by atoms with E-state index >= 15 is 0 Å². The number of unbranched alkanes of at least 4 members (excludes halogenated alkanes) is 3. The van der Waals surface area contributed by atoms with E-state index in [9.17, 15) is 0 Å². The Morgan fingerprint density at radius 1 is 1.09 bits per heavy atom. The van der Waals surface area contributed by atoms with Crippen LogP contribution in [0.1, 0.15) is 70.8 Å². The highest BCUT2D eigenvalue weighted by Crippen LogP contribution is 2.23. The van der Waals surface area contributed by atoms with E-state index in [1.807, 2.05) is 0 Å². The summed E-state index contributed by atoms with van der Waals surface area (Å²) in [4.78, 5) is 0. The van der Waals surface area contributed by atoms with E-state index in [-0.39, 0.29) is 0 Å². The number of rotatable bonds is 9. The van der Waals surface area contributed by atoms with E-state index in [0.717, 1.165) is 31.2 Å². The van der Waals surface area contributed by atoms with Crippen LogP contribution in [-0.4, -0.2) is 12.6 Å². The van der Waals surface area contributed by atoms with Gasteiger partial charge >= 0.3 is 0 Å². The average molecular weight is 303 g/mol. The van der Waals surface area contributed by atoms with Crippen LogP contribution >= 0.6 is 0 Å². The van der Waals surface area contributed by atoms with Crippen molar-refractivity contribution in [2.75, 3.05) is 6.61 Å². The molecule has 0 heterocycles. The standard InChI is InChI=1S/C20H33NO/c1-3-4-5-6-14-22-20-12-10-18(11-13-20)16-21-19-9-7-8-17(2)15-19/h10-13,17,19,21H,3-9,14-16H2,1-2H3. The monoisotopic (exact) mass is 303 g/mol. The predicted octanol–water partition coefficient (Wildman–Crippen LogP) is 5.31. The summed E-state index contributed by atoms with van der Waals surface area (Å²) in [7, 11) is 0. The minimum absolute atomic E-state index is 0.707. The highest BCUT2D eigenvalue weighted by atomic mass is 16.5. The Bertz CT molecular complexity index is 401. The third-order valence-electron chi connectivity index (χ3n) is 4.72. The molecule has 2 nitrogen and oxygen atoms in total. The molecule has 2 atom stereocenters. The molecule has 1 aliphatic rings. The highest BCUT2D eigenvalue weighted by Gasteiger charge is 2.17. The molecule has 0 aliphatic heterocycles. The number of hydrogen-bond donors (Lipinski definition) is 1. The fourth-order valence-corrected chi connectivity index (χ4v) is 3.30.